The van der Waals surface area contributed by atoms with E-state index in [9.17, 15) is 4.39 Å². The molecule has 0 bridgehead atoms. The molecule has 5 rings (SSSR count). The van der Waals surface area contributed by atoms with Crippen molar-refractivity contribution in [3.05, 3.63) is 70.8 Å². The zero-order chi connectivity index (χ0) is 28.6. The van der Waals surface area contributed by atoms with Gasteiger partial charge >= 0.3 is 0 Å². The Balaban J connectivity index is 1.98. The van der Waals surface area contributed by atoms with Gasteiger partial charge in [0.15, 0.2) is 0 Å². The highest BCUT2D eigenvalue weighted by atomic mass is 28.3. The summed E-state index contributed by atoms with van der Waals surface area (Å²) in [6.45, 7) is 10.1. The molecule has 0 aliphatic rings. The summed E-state index contributed by atoms with van der Waals surface area (Å²) in [5.41, 5.74) is 4.99. The van der Waals surface area contributed by atoms with Crippen molar-refractivity contribution in [2.45, 2.75) is 53.7 Å². The third-order valence-electron chi connectivity index (χ3n) is 7.14. The molecule has 0 aliphatic carbocycles. The van der Waals surface area contributed by atoms with E-state index in [4.69, 9.17) is 8.53 Å². The number of hydrogen-bond donors (Lipinski definition) is 0. The van der Waals surface area contributed by atoms with Gasteiger partial charge in [0, 0.05) is 33.1 Å². The molecule has 0 fully saturated rings. The molecular formula is C31H34F2NOSi+. The molecule has 3 aromatic carbocycles. The molecule has 5 aromatic rings. The molecule has 36 heavy (non-hydrogen) atoms. The van der Waals surface area contributed by atoms with Gasteiger partial charge in [-0.1, -0.05) is 33.5 Å². The highest BCUT2D eigenvalue weighted by Gasteiger charge is 2.29. The van der Waals surface area contributed by atoms with E-state index in [0.717, 1.165) is 33.8 Å². The summed E-state index contributed by atoms with van der Waals surface area (Å²) in [4.78, 5) is 0. The second kappa shape index (κ2) is 8.51. The zero-order valence-electron chi connectivity index (χ0n) is 24.9. The van der Waals surface area contributed by atoms with Gasteiger partial charge in [-0.3, -0.25) is 0 Å². The normalized spacial score (nSPS) is 14.1. The average Bonchev–Trinajstić information content (AvgIpc) is 3.15. The van der Waals surface area contributed by atoms with Crippen molar-refractivity contribution in [2.24, 2.45) is 13.0 Å². The summed E-state index contributed by atoms with van der Waals surface area (Å²) in [5.74, 6) is -0.286. The van der Waals surface area contributed by atoms with Crippen LogP contribution in [0.1, 0.15) is 34.7 Å². The fourth-order valence-electron chi connectivity index (χ4n) is 5.27. The molecular weight excluding hydrogens is 468 g/mol. The van der Waals surface area contributed by atoms with Gasteiger partial charge in [-0.25, -0.2) is 8.78 Å². The first kappa shape index (κ1) is 21.1. The number of aromatic nitrogens is 1. The fraction of sp³-hybridized carbons (Fsp3) is 0.323. The van der Waals surface area contributed by atoms with Gasteiger partial charge in [0.1, 0.15) is 29.8 Å². The first-order valence-electron chi connectivity index (χ1n) is 13.9. The predicted molar refractivity (Wildman–Crippen MR) is 149 cm³/mol. The van der Waals surface area contributed by atoms with Gasteiger partial charge in [-0.2, -0.15) is 4.57 Å². The van der Waals surface area contributed by atoms with Gasteiger partial charge in [0.25, 0.3) is 0 Å². The minimum atomic E-state index is -2.36. The van der Waals surface area contributed by atoms with Crippen LogP contribution in [-0.4, -0.2) is 8.07 Å². The lowest BCUT2D eigenvalue weighted by molar-refractivity contribution is -0.633. The SMILES string of the molecule is [2H]C([2H])([2H])c1cc2c(oc3cc(F)ccc32)c(-c2cc(CC(C)C)c3cc(F)c([Si](C)(C)C)cc3[n+]2C)c1C. The number of benzene rings is 3. The van der Waals surface area contributed by atoms with Crippen LogP contribution >= 0.6 is 0 Å². The monoisotopic (exact) mass is 505 g/mol. The molecule has 0 N–H and O–H groups in total. The number of pyridine rings is 1. The molecule has 0 saturated carbocycles. The molecule has 2 nitrogen and oxygen atoms in total. The van der Waals surface area contributed by atoms with E-state index in [-0.39, 0.29) is 11.4 Å². The predicted octanol–water partition coefficient (Wildman–Crippen LogP) is 7.87. The van der Waals surface area contributed by atoms with Crippen LogP contribution in [0, 0.1) is 31.3 Å². The number of hydrogen-bond acceptors (Lipinski definition) is 1. The summed E-state index contributed by atoms with van der Waals surface area (Å²) in [7, 11) is -0.0680. The Labute approximate surface area is 216 Å². The smallest absolute Gasteiger partial charge is 0.217 e. The van der Waals surface area contributed by atoms with Gasteiger partial charge in [-0.15, -0.1) is 0 Å². The maximum absolute atomic E-state index is 15.4. The first-order valence-corrected chi connectivity index (χ1v) is 15.9. The van der Waals surface area contributed by atoms with E-state index < -0.39 is 20.7 Å². The third kappa shape index (κ3) is 3.94. The summed E-state index contributed by atoms with van der Waals surface area (Å²) < 4.78 is 62.7. The molecule has 0 radical (unpaired) electrons. The average molecular weight is 506 g/mol. The van der Waals surface area contributed by atoms with E-state index in [2.05, 4.69) is 33.5 Å². The van der Waals surface area contributed by atoms with E-state index in [0.29, 0.717) is 39.0 Å². The van der Waals surface area contributed by atoms with Crippen molar-refractivity contribution in [1.82, 2.24) is 0 Å². The van der Waals surface area contributed by atoms with Crippen LogP contribution in [0.25, 0.3) is 44.1 Å². The fourth-order valence-corrected chi connectivity index (χ4v) is 6.63. The lowest BCUT2D eigenvalue weighted by Crippen LogP contribution is -2.42. The summed E-state index contributed by atoms with van der Waals surface area (Å²) >= 11 is 0. The van der Waals surface area contributed by atoms with Crippen LogP contribution in [0.3, 0.4) is 0 Å². The van der Waals surface area contributed by atoms with Crippen LogP contribution in [0.15, 0.2) is 46.9 Å². The Kier molecular flexibility index (Phi) is 4.98. The first-order chi connectivity index (χ1) is 18.1. The maximum atomic E-state index is 15.4. The van der Waals surface area contributed by atoms with Crippen molar-refractivity contribution in [2.75, 3.05) is 0 Å². The minimum Gasteiger partial charge on any atom is -0.455 e. The standard InChI is InChI=1S/C31H34F2NOSi/c1-17(2)11-20-13-27(34(5)26-16-29(36(6,7)8)25(33)15-23(20)26)30-19(4)18(3)12-24-22-10-9-21(32)14-28(22)35-31(24)30/h9-10,12-17H,11H2,1-8H3/q+1/i3D3. The van der Waals surface area contributed by atoms with Crippen LogP contribution in [-0.2, 0) is 13.5 Å². The van der Waals surface area contributed by atoms with Gasteiger partial charge in [-0.05, 0) is 72.3 Å². The minimum absolute atomic E-state index is 0.179. The Morgan fingerprint density at radius 3 is 2.42 bits per heavy atom. The highest BCUT2D eigenvalue weighted by Crippen LogP contribution is 2.39. The Morgan fingerprint density at radius 1 is 1.00 bits per heavy atom. The van der Waals surface area contributed by atoms with Crippen LogP contribution in [0.2, 0.25) is 19.6 Å². The van der Waals surface area contributed by atoms with Crippen molar-refractivity contribution < 1.29 is 21.9 Å². The largest absolute Gasteiger partial charge is 0.455 e. The molecule has 5 heteroatoms. The second-order valence-electron chi connectivity index (χ2n) is 11.4. The van der Waals surface area contributed by atoms with Gasteiger partial charge < -0.3 is 4.42 Å². The Hall–Kier alpha value is -3.05. The zero-order valence-corrected chi connectivity index (χ0v) is 22.9. The lowest BCUT2D eigenvalue weighted by atomic mass is 9.92. The van der Waals surface area contributed by atoms with Crippen molar-refractivity contribution in [1.29, 1.82) is 0 Å². The maximum Gasteiger partial charge on any atom is 0.217 e. The molecule has 2 heterocycles. The van der Waals surface area contributed by atoms with Crippen LogP contribution in [0.5, 0.6) is 0 Å². The quantitative estimate of drug-likeness (QED) is 0.179. The third-order valence-corrected chi connectivity index (χ3v) is 9.14. The Morgan fingerprint density at radius 2 is 1.75 bits per heavy atom. The molecule has 0 spiro atoms. The van der Waals surface area contributed by atoms with E-state index in [1.807, 2.05) is 23.7 Å². The molecule has 0 unspecified atom stereocenters. The number of nitrogens with zero attached hydrogens (tertiary/aromatic N) is 1. The molecule has 0 saturated heterocycles. The van der Waals surface area contributed by atoms with Gasteiger partial charge in [0.2, 0.25) is 11.2 Å². The summed E-state index contributed by atoms with van der Waals surface area (Å²) in [6.07, 6.45) is 0.725. The number of halogens is 2. The van der Waals surface area contributed by atoms with E-state index >= 15 is 4.39 Å². The van der Waals surface area contributed by atoms with Crippen molar-refractivity contribution in [3.8, 4) is 11.3 Å². The molecule has 2 aromatic heterocycles. The van der Waals surface area contributed by atoms with E-state index in [1.54, 1.807) is 25.1 Å². The number of furan rings is 1. The van der Waals surface area contributed by atoms with Crippen molar-refractivity contribution in [3.63, 3.8) is 0 Å². The molecule has 0 aliphatic heterocycles. The second-order valence-corrected chi connectivity index (χ2v) is 16.4. The molecule has 186 valence electrons. The highest BCUT2D eigenvalue weighted by molar-refractivity contribution is 6.88. The van der Waals surface area contributed by atoms with E-state index in [1.165, 1.54) is 12.1 Å². The van der Waals surface area contributed by atoms with Crippen molar-refractivity contribution >= 4 is 46.1 Å². The molecule has 0 amide bonds. The Bertz CT molecular complexity index is 1780. The topological polar surface area (TPSA) is 17.0 Å². The molecule has 0 atom stereocenters. The summed E-state index contributed by atoms with van der Waals surface area (Å²) in [5, 5.41) is 2.88. The van der Waals surface area contributed by atoms with Crippen LogP contribution < -0.4 is 9.75 Å². The number of fused-ring (bicyclic) bond motifs is 4. The van der Waals surface area contributed by atoms with Gasteiger partial charge in [0.05, 0.1) is 19.0 Å². The summed E-state index contributed by atoms with van der Waals surface area (Å²) in [6, 6.07) is 11.6. The number of aryl methyl sites for hydroxylation is 2. The number of rotatable bonds is 4. The lowest BCUT2D eigenvalue weighted by Gasteiger charge is -2.19. The van der Waals surface area contributed by atoms with Crippen LogP contribution in [0.4, 0.5) is 8.78 Å².